The highest BCUT2D eigenvalue weighted by Crippen LogP contribution is 2.20. The van der Waals surface area contributed by atoms with Crippen LogP contribution in [0.3, 0.4) is 0 Å². The maximum Gasteiger partial charge on any atom is 0.315 e. The summed E-state index contributed by atoms with van der Waals surface area (Å²) < 4.78 is 24.8. The number of hydrogen-bond acceptors (Lipinski definition) is 3. The van der Waals surface area contributed by atoms with Gasteiger partial charge in [0.25, 0.3) is 0 Å². The van der Waals surface area contributed by atoms with Crippen molar-refractivity contribution in [2.75, 3.05) is 13.7 Å². The Hall–Kier alpha value is -3.54. The van der Waals surface area contributed by atoms with E-state index in [1.54, 1.807) is 25.3 Å². The molecule has 3 aromatic carbocycles. The summed E-state index contributed by atoms with van der Waals surface area (Å²) in [5, 5.41) is 5.72. The lowest BCUT2D eigenvalue weighted by Gasteiger charge is -2.20. The summed E-state index contributed by atoms with van der Waals surface area (Å²) in [5.74, 6) is 0.403. The first-order valence-corrected chi connectivity index (χ1v) is 9.26. The van der Waals surface area contributed by atoms with E-state index in [-0.39, 0.29) is 18.4 Å². The second-order valence-corrected chi connectivity index (χ2v) is 6.34. The molecular weight excluding hydrogens is 371 g/mol. The lowest BCUT2D eigenvalue weighted by Crippen LogP contribution is -2.39. The summed E-state index contributed by atoms with van der Waals surface area (Å²) in [7, 11) is 1.59. The summed E-state index contributed by atoms with van der Waals surface area (Å²) >= 11 is 0. The predicted octanol–water partition coefficient (Wildman–Crippen LogP) is 4.45. The topological polar surface area (TPSA) is 59.6 Å². The molecule has 0 heterocycles. The molecule has 2 N–H and O–H groups in total. The van der Waals surface area contributed by atoms with Crippen molar-refractivity contribution in [2.24, 2.45) is 0 Å². The molecule has 150 valence electrons. The fourth-order valence-electron chi connectivity index (χ4n) is 2.88. The van der Waals surface area contributed by atoms with Gasteiger partial charge < -0.3 is 20.1 Å². The maximum absolute atomic E-state index is 13.8. The fraction of sp³-hybridized carbons (Fsp3) is 0.174. The number of benzene rings is 3. The van der Waals surface area contributed by atoms with Gasteiger partial charge in [0, 0.05) is 12.1 Å². The second kappa shape index (κ2) is 10.1. The van der Waals surface area contributed by atoms with E-state index in [9.17, 15) is 9.18 Å². The van der Waals surface area contributed by atoms with Crippen molar-refractivity contribution in [3.63, 3.8) is 0 Å². The van der Waals surface area contributed by atoms with Crippen LogP contribution in [0.2, 0.25) is 0 Å². The Kier molecular flexibility index (Phi) is 7.05. The van der Waals surface area contributed by atoms with Gasteiger partial charge in [-0.2, -0.15) is 0 Å². The molecule has 0 radical (unpaired) electrons. The molecule has 5 nitrogen and oxygen atoms in total. The monoisotopic (exact) mass is 394 g/mol. The van der Waals surface area contributed by atoms with Gasteiger partial charge in [0.05, 0.1) is 13.2 Å². The van der Waals surface area contributed by atoms with Crippen molar-refractivity contribution in [1.82, 2.24) is 10.6 Å². The van der Waals surface area contributed by atoms with Crippen molar-refractivity contribution in [3.05, 3.63) is 95.8 Å². The summed E-state index contributed by atoms with van der Waals surface area (Å²) in [4.78, 5) is 12.5. The Labute approximate surface area is 169 Å². The molecule has 3 aromatic rings. The summed E-state index contributed by atoms with van der Waals surface area (Å²) in [6.45, 7) is 0.401. The van der Waals surface area contributed by atoms with E-state index in [2.05, 4.69) is 10.6 Å². The third kappa shape index (κ3) is 5.72. The number of amides is 2. The Morgan fingerprint density at radius 1 is 0.931 bits per heavy atom. The van der Waals surface area contributed by atoms with E-state index < -0.39 is 11.9 Å². The number of ether oxygens (including phenoxy) is 2. The van der Waals surface area contributed by atoms with Crippen molar-refractivity contribution in [3.8, 4) is 11.5 Å². The van der Waals surface area contributed by atoms with E-state index in [0.29, 0.717) is 12.3 Å². The number of urea groups is 1. The van der Waals surface area contributed by atoms with Crippen LogP contribution >= 0.6 is 0 Å². The van der Waals surface area contributed by atoms with Crippen LogP contribution in [0.1, 0.15) is 17.2 Å². The number of rotatable bonds is 8. The third-order valence-corrected chi connectivity index (χ3v) is 4.38. The molecule has 0 fully saturated rings. The van der Waals surface area contributed by atoms with E-state index in [1.165, 1.54) is 6.07 Å². The molecule has 3 rings (SSSR count). The van der Waals surface area contributed by atoms with Gasteiger partial charge in [-0.05, 0) is 23.8 Å². The third-order valence-electron chi connectivity index (χ3n) is 4.38. The first-order valence-electron chi connectivity index (χ1n) is 9.26. The van der Waals surface area contributed by atoms with Crippen LogP contribution < -0.4 is 20.1 Å². The van der Waals surface area contributed by atoms with Gasteiger partial charge in [0.2, 0.25) is 0 Å². The highest BCUT2D eigenvalue weighted by atomic mass is 19.1. The zero-order chi connectivity index (χ0) is 20.5. The average molecular weight is 394 g/mol. The van der Waals surface area contributed by atoms with E-state index >= 15 is 0 Å². The van der Waals surface area contributed by atoms with Crippen molar-refractivity contribution in [1.29, 1.82) is 0 Å². The SMILES string of the molecule is COc1ccccc1CNC(=O)N[C@H](COc1ccccc1F)c1ccccc1. The first-order chi connectivity index (χ1) is 14.2. The Morgan fingerprint density at radius 2 is 1.59 bits per heavy atom. The molecule has 0 aliphatic heterocycles. The highest BCUT2D eigenvalue weighted by Gasteiger charge is 2.16. The van der Waals surface area contributed by atoms with Crippen LogP contribution in [0.25, 0.3) is 0 Å². The number of methoxy groups -OCH3 is 1. The van der Waals surface area contributed by atoms with Crippen LogP contribution in [0.5, 0.6) is 11.5 Å². The number of nitrogens with one attached hydrogen (secondary N) is 2. The quantitative estimate of drug-likeness (QED) is 0.593. The van der Waals surface area contributed by atoms with Crippen LogP contribution in [-0.4, -0.2) is 19.7 Å². The second-order valence-electron chi connectivity index (χ2n) is 6.34. The lowest BCUT2D eigenvalue weighted by atomic mass is 10.1. The highest BCUT2D eigenvalue weighted by molar-refractivity contribution is 5.74. The van der Waals surface area contributed by atoms with Gasteiger partial charge in [0.1, 0.15) is 12.4 Å². The molecule has 29 heavy (non-hydrogen) atoms. The largest absolute Gasteiger partial charge is 0.496 e. The maximum atomic E-state index is 13.8. The predicted molar refractivity (Wildman–Crippen MR) is 109 cm³/mol. The standard InChI is InChI=1S/C23H23FN2O3/c1-28-21-13-7-5-11-18(21)15-25-23(27)26-20(17-9-3-2-4-10-17)16-29-22-14-8-6-12-19(22)24/h2-14,20H,15-16H2,1H3,(H2,25,26,27)/t20-/m1/s1. The van der Waals surface area contributed by atoms with Gasteiger partial charge in [-0.15, -0.1) is 0 Å². The fourth-order valence-corrected chi connectivity index (χ4v) is 2.88. The van der Waals surface area contributed by atoms with Crippen molar-refractivity contribution < 1.29 is 18.7 Å². The summed E-state index contributed by atoms with van der Waals surface area (Å²) in [6.07, 6.45) is 0. The molecular formula is C23H23FN2O3. The normalized spacial score (nSPS) is 11.4. The molecule has 0 aliphatic rings. The molecule has 0 saturated heterocycles. The minimum Gasteiger partial charge on any atom is -0.496 e. The molecule has 0 bridgehead atoms. The van der Waals surface area contributed by atoms with Gasteiger partial charge in [-0.3, -0.25) is 0 Å². The van der Waals surface area contributed by atoms with Gasteiger partial charge in [-0.25, -0.2) is 9.18 Å². The Balaban J connectivity index is 1.65. The zero-order valence-corrected chi connectivity index (χ0v) is 16.1. The van der Waals surface area contributed by atoms with Gasteiger partial charge >= 0.3 is 6.03 Å². The molecule has 6 heteroatoms. The van der Waals surface area contributed by atoms with Crippen LogP contribution in [0, 0.1) is 5.82 Å². The molecule has 0 aliphatic carbocycles. The summed E-state index contributed by atoms with van der Waals surface area (Å²) in [6, 6.07) is 22.3. The average Bonchev–Trinajstić information content (AvgIpc) is 2.77. The van der Waals surface area contributed by atoms with Crippen molar-refractivity contribution >= 4 is 6.03 Å². The zero-order valence-electron chi connectivity index (χ0n) is 16.1. The van der Waals surface area contributed by atoms with Crippen molar-refractivity contribution in [2.45, 2.75) is 12.6 Å². The van der Waals surface area contributed by atoms with Crippen LogP contribution in [0.15, 0.2) is 78.9 Å². The molecule has 2 amide bonds. The van der Waals surface area contributed by atoms with E-state index in [0.717, 1.165) is 11.1 Å². The number of carbonyl (C=O) groups excluding carboxylic acids is 1. The molecule has 0 unspecified atom stereocenters. The lowest BCUT2D eigenvalue weighted by molar-refractivity contribution is 0.221. The van der Waals surface area contributed by atoms with Crippen LogP contribution in [0.4, 0.5) is 9.18 Å². The Morgan fingerprint density at radius 3 is 2.31 bits per heavy atom. The van der Waals surface area contributed by atoms with E-state index in [1.807, 2.05) is 54.6 Å². The molecule has 1 atom stereocenters. The van der Waals surface area contributed by atoms with Crippen LogP contribution in [-0.2, 0) is 6.54 Å². The number of halogens is 1. The number of hydrogen-bond donors (Lipinski definition) is 2. The van der Waals surface area contributed by atoms with E-state index in [4.69, 9.17) is 9.47 Å². The van der Waals surface area contributed by atoms with Gasteiger partial charge in [0.15, 0.2) is 11.6 Å². The Bertz CT molecular complexity index is 934. The molecule has 0 saturated carbocycles. The first kappa shape index (κ1) is 20.2. The summed E-state index contributed by atoms with van der Waals surface area (Å²) in [5.41, 5.74) is 1.72. The number of carbonyl (C=O) groups is 1. The smallest absolute Gasteiger partial charge is 0.315 e. The van der Waals surface area contributed by atoms with Gasteiger partial charge in [-0.1, -0.05) is 60.7 Å². The minimum absolute atomic E-state index is 0.0903. The molecule has 0 spiro atoms. The number of para-hydroxylation sites is 2. The molecule has 0 aromatic heterocycles. The minimum atomic E-state index is -0.450.